The lowest BCUT2D eigenvalue weighted by molar-refractivity contribution is -0.116. The highest BCUT2D eigenvalue weighted by atomic mass is 35.5. The topological polar surface area (TPSA) is 46.9 Å². The largest absolute Gasteiger partial charge is 0.311 e. The van der Waals surface area contributed by atoms with E-state index in [-0.39, 0.29) is 5.91 Å². The van der Waals surface area contributed by atoms with Gasteiger partial charge in [0.25, 0.3) is 0 Å². The van der Waals surface area contributed by atoms with Crippen LogP contribution in [0.1, 0.15) is 23.1 Å². The van der Waals surface area contributed by atoms with Crippen molar-refractivity contribution >= 4 is 23.3 Å². The third-order valence-electron chi connectivity index (χ3n) is 3.98. The highest BCUT2D eigenvalue weighted by molar-refractivity contribution is 6.31. The minimum Gasteiger partial charge on any atom is -0.311 e. The van der Waals surface area contributed by atoms with E-state index in [1.54, 1.807) is 10.9 Å². The van der Waals surface area contributed by atoms with Crippen LogP contribution in [0.5, 0.6) is 0 Å². The number of benzene rings is 2. The number of hydrogen-bond donors (Lipinski definition) is 1. The summed E-state index contributed by atoms with van der Waals surface area (Å²) in [6.45, 7) is 2.68. The van der Waals surface area contributed by atoms with Gasteiger partial charge in [-0.05, 0) is 30.5 Å². The van der Waals surface area contributed by atoms with Crippen molar-refractivity contribution in [3.05, 3.63) is 82.5 Å². The maximum atomic E-state index is 12.3. The second kappa shape index (κ2) is 7.99. The number of carbonyl (C=O) groups is 1. The zero-order valence-corrected chi connectivity index (χ0v) is 14.8. The van der Waals surface area contributed by atoms with E-state index in [0.29, 0.717) is 30.2 Å². The molecule has 3 rings (SSSR count). The molecule has 25 heavy (non-hydrogen) atoms. The molecule has 0 spiro atoms. The number of aromatic nitrogens is 2. The van der Waals surface area contributed by atoms with Crippen LogP contribution in [0.3, 0.4) is 0 Å². The predicted molar refractivity (Wildman–Crippen MR) is 101 cm³/mol. The maximum absolute atomic E-state index is 12.3. The van der Waals surface area contributed by atoms with E-state index in [1.807, 2.05) is 36.4 Å². The van der Waals surface area contributed by atoms with E-state index in [4.69, 9.17) is 11.6 Å². The van der Waals surface area contributed by atoms with E-state index in [9.17, 15) is 4.79 Å². The Balaban J connectivity index is 1.61. The Morgan fingerprint density at radius 3 is 2.80 bits per heavy atom. The van der Waals surface area contributed by atoms with Crippen molar-refractivity contribution in [3.8, 4) is 0 Å². The van der Waals surface area contributed by atoms with Gasteiger partial charge in [-0.25, -0.2) is 4.68 Å². The molecule has 0 aliphatic heterocycles. The number of nitrogens with one attached hydrogen (secondary N) is 1. The summed E-state index contributed by atoms with van der Waals surface area (Å²) in [5.41, 5.74) is 3.33. The molecule has 3 aromatic rings. The third-order valence-corrected chi connectivity index (χ3v) is 4.35. The Morgan fingerprint density at radius 2 is 2.00 bits per heavy atom. The quantitative estimate of drug-likeness (QED) is 0.711. The summed E-state index contributed by atoms with van der Waals surface area (Å²) in [6.07, 6.45) is 2.68. The molecule has 1 aromatic heterocycles. The molecule has 128 valence electrons. The van der Waals surface area contributed by atoms with Gasteiger partial charge in [0.1, 0.15) is 5.82 Å². The van der Waals surface area contributed by atoms with Crippen LogP contribution in [0.4, 0.5) is 5.82 Å². The van der Waals surface area contributed by atoms with E-state index in [0.717, 1.165) is 11.1 Å². The van der Waals surface area contributed by atoms with Gasteiger partial charge in [0, 0.05) is 17.5 Å². The number of carbonyl (C=O) groups excluding carboxylic acids is 1. The molecule has 1 N–H and O–H groups in total. The van der Waals surface area contributed by atoms with Gasteiger partial charge in [0.15, 0.2) is 0 Å². The van der Waals surface area contributed by atoms with Crippen LogP contribution in [-0.2, 0) is 17.8 Å². The summed E-state index contributed by atoms with van der Waals surface area (Å²) in [4.78, 5) is 12.3. The highest BCUT2D eigenvalue weighted by Crippen LogP contribution is 2.17. The van der Waals surface area contributed by atoms with Crippen molar-refractivity contribution in [3.63, 3.8) is 0 Å². The van der Waals surface area contributed by atoms with E-state index < -0.39 is 0 Å². The molecule has 0 bridgehead atoms. The normalized spacial score (nSPS) is 10.6. The van der Waals surface area contributed by atoms with Crippen molar-refractivity contribution in [1.29, 1.82) is 0 Å². The molecule has 4 nitrogen and oxygen atoms in total. The van der Waals surface area contributed by atoms with Crippen molar-refractivity contribution in [2.75, 3.05) is 5.32 Å². The zero-order valence-electron chi connectivity index (χ0n) is 14.1. The first kappa shape index (κ1) is 17.2. The highest BCUT2D eigenvalue weighted by Gasteiger charge is 2.09. The number of hydrogen-bond acceptors (Lipinski definition) is 2. The summed E-state index contributed by atoms with van der Waals surface area (Å²) < 4.78 is 1.79. The minimum atomic E-state index is -0.0501. The van der Waals surface area contributed by atoms with Crippen LogP contribution >= 0.6 is 11.6 Å². The number of nitrogens with zero attached hydrogens (tertiary/aromatic N) is 2. The molecule has 0 saturated carbocycles. The van der Waals surface area contributed by atoms with Crippen LogP contribution in [0.2, 0.25) is 5.02 Å². The minimum absolute atomic E-state index is 0.0501. The molecular formula is C20H20ClN3O. The lowest BCUT2D eigenvalue weighted by Crippen LogP contribution is -2.16. The third kappa shape index (κ3) is 4.70. The van der Waals surface area contributed by atoms with Gasteiger partial charge in [0.2, 0.25) is 5.91 Å². The van der Waals surface area contributed by atoms with Crippen LogP contribution in [0.25, 0.3) is 0 Å². The maximum Gasteiger partial charge on any atom is 0.225 e. The second-order valence-electron chi connectivity index (χ2n) is 6.00. The van der Waals surface area contributed by atoms with Gasteiger partial charge in [0.05, 0.1) is 12.7 Å². The molecule has 5 heteroatoms. The van der Waals surface area contributed by atoms with Crippen molar-refractivity contribution < 1.29 is 4.79 Å². The summed E-state index contributed by atoms with van der Waals surface area (Å²) in [6, 6.07) is 17.7. The van der Waals surface area contributed by atoms with Gasteiger partial charge in [-0.2, -0.15) is 5.10 Å². The molecule has 1 heterocycles. The summed E-state index contributed by atoms with van der Waals surface area (Å²) in [5.74, 6) is 0.650. The number of halogens is 1. The standard InChI is InChI=1S/C20H20ClN3O/c1-15-5-4-6-16(13-15)14-24-19(11-12-22-24)23-20(25)10-9-17-7-2-3-8-18(17)21/h2-8,11-13H,9-10,14H2,1H3,(H,23,25). The molecule has 0 unspecified atom stereocenters. The lowest BCUT2D eigenvalue weighted by atomic mass is 10.1. The first-order valence-electron chi connectivity index (χ1n) is 8.22. The molecule has 0 atom stereocenters. The fourth-order valence-electron chi connectivity index (χ4n) is 2.70. The predicted octanol–water partition coefficient (Wildman–Crippen LogP) is 4.46. The van der Waals surface area contributed by atoms with Gasteiger partial charge in [-0.1, -0.05) is 59.6 Å². The molecule has 2 aromatic carbocycles. The monoisotopic (exact) mass is 353 g/mol. The van der Waals surface area contributed by atoms with Crippen molar-refractivity contribution in [2.45, 2.75) is 26.3 Å². The summed E-state index contributed by atoms with van der Waals surface area (Å²) in [5, 5.41) is 7.94. The van der Waals surface area contributed by atoms with E-state index >= 15 is 0 Å². The Morgan fingerprint density at radius 1 is 1.16 bits per heavy atom. The van der Waals surface area contributed by atoms with E-state index in [1.165, 1.54) is 5.56 Å². The molecule has 0 aliphatic rings. The molecule has 0 radical (unpaired) electrons. The second-order valence-corrected chi connectivity index (χ2v) is 6.41. The molecule has 0 aliphatic carbocycles. The van der Waals surface area contributed by atoms with E-state index in [2.05, 4.69) is 35.5 Å². The molecule has 1 amide bonds. The molecule has 0 saturated heterocycles. The number of anilines is 1. The lowest BCUT2D eigenvalue weighted by Gasteiger charge is -2.10. The zero-order chi connectivity index (χ0) is 17.6. The van der Waals surface area contributed by atoms with Crippen molar-refractivity contribution in [2.24, 2.45) is 0 Å². The van der Waals surface area contributed by atoms with Crippen LogP contribution in [0, 0.1) is 6.92 Å². The first-order chi connectivity index (χ1) is 12.1. The SMILES string of the molecule is Cc1cccc(Cn2nccc2NC(=O)CCc2ccccc2Cl)c1. The summed E-state index contributed by atoms with van der Waals surface area (Å²) in [7, 11) is 0. The Hall–Kier alpha value is -2.59. The Bertz CT molecular complexity index is 873. The van der Waals surface area contributed by atoms with Crippen LogP contribution < -0.4 is 5.32 Å². The van der Waals surface area contributed by atoms with Gasteiger partial charge in [-0.15, -0.1) is 0 Å². The first-order valence-corrected chi connectivity index (χ1v) is 8.60. The van der Waals surface area contributed by atoms with Crippen LogP contribution in [0.15, 0.2) is 60.8 Å². The van der Waals surface area contributed by atoms with Gasteiger partial charge >= 0.3 is 0 Å². The summed E-state index contributed by atoms with van der Waals surface area (Å²) >= 11 is 6.13. The van der Waals surface area contributed by atoms with Gasteiger partial charge in [-0.3, -0.25) is 4.79 Å². The average molecular weight is 354 g/mol. The Kier molecular flexibility index (Phi) is 5.51. The smallest absolute Gasteiger partial charge is 0.225 e. The number of rotatable bonds is 6. The van der Waals surface area contributed by atoms with Crippen molar-refractivity contribution in [1.82, 2.24) is 9.78 Å². The fourth-order valence-corrected chi connectivity index (χ4v) is 2.93. The number of aryl methyl sites for hydroxylation is 2. The molecular weight excluding hydrogens is 334 g/mol. The van der Waals surface area contributed by atoms with Crippen LogP contribution in [-0.4, -0.2) is 15.7 Å². The molecule has 0 fully saturated rings. The fraction of sp³-hybridized carbons (Fsp3) is 0.200. The Labute approximate surface area is 152 Å². The number of amides is 1. The average Bonchev–Trinajstić information content (AvgIpc) is 3.01. The van der Waals surface area contributed by atoms with Gasteiger partial charge < -0.3 is 5.32 Å².